The molecular weight excluding hydrogens is 254 g/mol. The number of carbonyl (C=O) groups is 1. The molecule has 0 aliphatic carbocycles. The number of rotatable bonds is 5. The number of aliphatic hydroxyl groups is 1. The Kier molecular flexibility index (Phi) is 4.20. The summed E-state index contributed by atoms with van der Waals surface area (Å²) in [5, 5.41) is 12.3. The molecule has 0 spiro atoms. The van der Waals surface area contributed by atoms with E-state index in [0.29, 0.717) is 6.42 Å². The zero-order chi connectivity index (χ0) is 14.6. The lowest BCUT2D eigenvalue weighted by atomic mass is 10.0. The molecule has 0 aliphatic rings. The first-order chi connectivity index (χ1) is 9.46. The normalized spacial score (nSPS) is 12.9. The summed E-state index contributed by atoms with van der Waals surface area (Å²) in [7, 11) is 0. The van der Waals surface area contributed by atoms with Gasteiger partial charge in [0, 0.05) is 18.8 Å². The fraction of sp³-hybridized carbons (Fsp3) is 0.333. The maximum Gasteiger partial charge on any atom is 0.245 e. The van der Waals surface area contributed by atoms with Crippen molar-refractivity contribution in [2.24, 2.45) is 0 Å². The van der Waals surface area contributed by atoms with Gasteiger partial charge >= 0.3 is 0 Å². The van der Waals surface area contributed by atoms with Crippen molar-refractivity contribution in [3.8, 4) is 0 Å². The first-order valence-electron chi connectivity index (χ1n) is 6.51. The smallest absolute Gasteiger partial charge is 0.245 e. The maximum atomic E-state index is 12.3. The number of hydrogen-bond donors (Lipinski definition) is 2. The third-order valence-electron chi connectivity index (χ3n) is 2.89. The van der Waals surface area contributed by atoms with Crippen LogP contribution in [-0.4, -0.2) is 26.3 Å². The van der Waals surface area contributed by atoms with Crippen molar-refractivity contribution in [1.82, 2.24) is 14.9 Å². The number of imidazole rings is 1. The van der Waals surface area contributed by atoms with Crippen LogP contribution in [0.1, 0.15) is 25.5 Å². The van der Waals surface area contributed by atoms with Crippen LogP contribution in [0.5, 0.6) is 0 Å². The Morgan fingerprint density at radius 3 is 2.65 bits per heavy atom. The summed E-state index contributed by atoms with van der Waals surface area (Å²) in [6.45, 7) is 3.08. The van der Waals surface area contributed by atoms with Gasteiger partial charge in [-0.05, 0) is 19.4 Å². The molecule has 0 radical (unpaired) electrons. The van der Waals surface area contributed by atoms with E-state index in [9.17, 15) is 9.90 Å². The van der Waals surface area contributed by atoms with E-state index in [1.165, 1.54) is 0 Å². The molecule has 0 unspecified atom stereocenters. The van der Waals surface area contributed by atoms with Crippen molar-refractivity contribution in [3.63, 3.8) is 0 Å². The molecule has 0 saturated heterocycles. The van der Waals surface area contributed by atoms with Crippen molar-refractivity contribution < 1.29 is 9.90 Å². The second-order valence-electron chi connectivity index (χ2n) is 5.26. The van der Waals surface area contributed by atoms with Crippen LogP contribution < -0.4 is 5.32 Å². The second-order valence-corrected chi connectivity index (χ2v) is 5.26. The summed E-state index contributed by atoms with van der Waals surface area (Å²) in [6, 6.07) is 9.32. The van der Waals surface area contributed by atoms with Gasteiger partial charge in [-0.15, -0.1) is 0 Å². The average molecular weight is 273 g/mol. The monoisotopic (exact) mass is 273 g/mol. The van der Waals surface area contributed by atoms with Crippen LogP contribution in [0, 0.1) is 0 Å². The third-order valence-corrected chi connectivity index (χ3v) is 2.89. The Morgan fingerprint density at radius 2 is 2.10 bits per heavy atom. The van der Waals surface area contributed by atoms with Crippen LogP contribution in [0.15, 0.2) is 49.1 Å². The van der Waals surface area contributed by atoms with Gasteiger partial charge in [0.15, 0.2) is 0 Å². The topological polar surface area (TPSA) is 67.2 Å². The lowest BCUT2D eigenvalue weighted by Crippen LogP contribution is -2.46. The van der Waals surface area contributed by atoms with Gasteiger partial charge in [0.2, 0.25) is 5.91 Å². The summed E-state index contributed by atoms with van der Waals surface area (Å²) in [6.07, 6.45) is 5.53. The van der Waals surface area contributed by atoms with Crippen LogP contribution >= 0.6 is 0 Å². The zero-order valence-electron chi connectivity index (χ0n) is 11.7. The quantitative estimate of drug-likeness (QED) is 0.811. The summed E-state index contributed by atoms with van der Waals surface area (Å²) >= 11 is 0. The molecule has 2 N–H and O–H groups in total. The summed E-state index contributed by atoms with van der Waals surface area (Å²) in [5.74, 6) is -0.237. The molecule has 0 bridgehead atoms. The van der Waals surface area contributed by atoms with Crippen molar-refractivity contribution in [2.45, 2.75) is 32.0 Å². The van der Waals surface area contributed by atoms with E-state index < -0.39 is 11.8 Å². The highest BCUT2D eigenvalue weighted by molar-refractivity contribution is 5.81. The highest BCUT2D eigenvalue weighted by atomic mass is 16.3. The molecular formula is C15H19N3O2. The molecule has 2 rings (SSSR count). The molecule has 2 aromatic rings. The molecule has 1 aromatic heterocycles. The van der Waals surface area contributed by atoms with Crippen LogP contribution in [0.4, 0.5) is 0 Å². The van der Waals surface area contributed by atoms with Gasteiger partial charge in [0.25, 0.3) is 0 Å². The van der Waals surface area contributed by atoms with Crippen LogP contribution in [0.3, 0.4) is 0 Å². The molecule has 1 amide bonds. The Hall–Kier alpha value is -2.14. The van der Waals surface area contributed by atoms with Gasteiger partial charge in [0.05, 0.1) is 6.33 Å². The van der Waals surface area contributed by atoms with E-state index in [2.05, 4.69) is 10.3 Å². The second kappa shape index (κ2) is 5.88. The molecule has 1 heterocycles. The minimum atomic E-state index is -1.24. The highest BCUT2D eigenvalue weighted by Gasteiger charge is 2.25. The summed E-state index contributed by atoms with van der Waals surface area (Å²) in [4.78, 5) is 16.3. The number of benzene rings is 1. The molecule has 106 valence electrons. The standard InChI is InChI=1S/C15H19N3O2/c1-15(2,20)17-14(19)13(18-9-8-16-11-18)10-12-6-4-3-5-7-12/h3-9,11,13,20H,10H2,1-2H3,(H,17,19)/t13-/m0/s1. The Labute approximate surface area is 118 Å². The van der Waals surface area contributed by atoms with Crippen molar-refractivity contribution >= 4 is 5.91 Å². The molecule has 5 nitrogen and oxygen atoms in total. The minimum Gasteiger partial charge on any atom is -0.372 e. The predicted octanol–water partition coefficient (Wildman–Crippen LogP) is 1.51. The van der Waals surface area contributed by atoms with Gasteiger partial charge in [-0.2, -0.15) is 0 Å². The first kappa shape index (κ1) is 14.3. The van der Waals surface area contributed by atoms with Crippen LogP contribution in [-0.2, 0) is 11.2 Å². The predicted molar refractivity (Wildman–Crippen MR) is 75.9 cm³/mol. The number of carbonyl (C=O) groups excluding carboxylic acids is 1. The number of hydrogen-bond acceptors (Lipinski definition) is 3. The lowest BCUT2D eigenvalue weighted by Gasteiger charge is -2.24. The summed E-state index contributed by atoms with van der Waals surface area (Å²) < 4.78 is 1.74. The lowest BCUT2D eigenvalue weighted by molar-refractivity contribution is -0.130. The van der Waals surface area contributed by atoms with Crippen LogP contribution in [0.2, 0.25) is 0 Å². The molecule has 0 saturated carbocycles. The van der Waals surface area contributed by atoms with Gasteiger partial charge in [0.1, 0.15) is 11.8 Å². The maximum absolute atomic E-state index is 12.3. The van der Waals surface area contributed by atoms with E-state index in [0.717, 1.165) is 5.56 Å². The summed E-state index contributed by atoms with van der Waals surface area (Å²) in [5.41, 5.74) is -0.191. The number of nitrogens with zero attached hydrogens (tertiary/aromatic N) is 2. The van der Waals surface area contributed by atoms with Gasteiger partial charge in [-0.3, -0.25) is 4.79 Å². The van der Waals surface area contributed by atoms with Gasteiger partial charge < -0.3 is 15.0 Å². The van der Waals surface area contributed by atoms with E-state index in [1.54, 1.807) is 37.1 Å². The average Bonchev–Trinajstić information content (AvgIpc) is 2.88. The van der Waals surface area contributed by atoms with E-state index in [-0.39, 0.29) is 5.91 Å². The van der Waals surface area contributed by atoms with Crippen LogP contribution in [0.25, 0.3) is 0 Å². The Bertz CT molecular complexity index is 544. The minimum absolute atomic E-state index is 0.237. The number of nitrogens with one attached hydrogen (secondary N) is 1. The Balaban J connectivity index is 2.20. The Morgan fingerprint density at radius 1 is 1.40 bits per heavy atom. The molecule has 1 aromatic carbocycles. The number of amides is 1. The van der Waals surface area contributed by atoms with Gasteiger partial charge in [-0.1, -0.05) is 30.3 Å². The SMILES string of the molecule is CC(C)(O)NC(=O)[C@H](Cc1ccccc1)n1ccnc1. The molecule has 20 heavy (non-hydrogen) atoms. The third kappa shape index (κ3) is 3.93. The molecule has 0 fully saturated rings. The first-order valence-corrected chi connectivity index (χ1v) is 6.51. The van der Waals surface area contributed by atoms with Crippen molar-refractivity contribution in [1.29, 1.82) is 0 Å². The highest BCUT2D eigenvalue weighted by Crippen LogP contribution is 2.15. The zero-order valence-corrected chi connectivity index (χ0v) is 11.7. The number of aromatic nitrogens is 2. The van der Waals surface area contributed by atoms with E-state index in [1.807, 2.05) is 30.3 Å². The van der Waals surface area contributed by atoms with E-state index >= 15 is 0 Å². The molecule has 0 aliphatic heterocycles. The molecule has 1 atom stereocenters. The largest absolute Gasteiger partial charge is 0.372 e. The fourth-order valence-corrected chi connectivity index (χ4v) is 2.01. The van der Waals surface area contributed by atoms with Crippen molar-refractivity contribution in [3.05, 3.63) is 54.6 Å². The van der Waals surface area contributed by atoms with E-state index in [4.69, 9.17) is 0 Å². The fourth-order valence-electron chi connectivity index (χ4n) is 2.01. The van der Waals surface area contributed by atoms with Crippen molar-refractivity contribution in [2.75, 3.05) is 0 Å². The van der Waals surface area contributed by atoms with Gasteiger partial charge in [-0.25, -0.2) is 4.98 Å². The molecule has 5 heteroatoms.